The van der Waals surface area contributed by atoms with E-state index < -0.39 is 0 Å². The first-order valence-electron chi connectivity index (χ1n) is 7.38. The number of esters is 1. The average molecular weight is 311 g/mol. The van der Waals surface area contributed by atoms with Gasteiger partial charge >= 0.3 is 5.97 Å². The van der Waals surface area contributed by atoms with Crippen molar-refractivity contribution in [1.82, 2.24) is 0 Å². The van der Waals surface area contributed by atoms with E-state index in [0.29, 0.717) is 18.7 Å². The number of carbonyl (C=O) groups is 1. The molecule has 0 aliphatic heterocycles. The minimum atomic E-state index is -0.383. The van der Waals surface area contributed by atoms with Crippen LogP contribution in [0.25, 0.3) is 6.08 Å². The standard InChI is InChI=1S/C19H21NO3/c1-3-15-9-17(13-22-2)18(10-16(15)11-20)19(21)23-12-14-7-5-4-6-8-14/h3-10H,1,11-13,20H2,2H3. The number of carbonyl (C=O) groups excluding carboxylic acids is 1. The van der Waals surface area contributed by atoms with Gasteiger partial charge in [0.05, 0.1) is 12.2 Å². The fraction of sp³-hybridized carbons (Fsp3) is 0.211. The number of rotatable bonds is 7. The fourth-order valence-electron chi connectivity index (χ4n) is 2.34. The molecule has 2 aromatic rings. The molecule has 0 spiro atoms. The zero-order chi connectivity index (χ0) is 16.7. The molecular formula is C19H21NO3. The predicted octanol–water partition coefficient (Wildman–Crippen LogP) is 3.29. The minimum absolute atomic E-state index is 0.229. The maximum Gasteiger partial charge on any atom is 0.338 e. The highest BCUT2D eigenvalue weighted by atomic mass is 16.5. The Hall–Kier alpha value is -2.43. The lowest BCUT2D eigenvalue weighted by atomic mass is 9.98. The van der Waals surface area contributed by atoms with Crippen molar-refractivity contribution >= 4 is 12.0 Å². The van der Waals surface area contributed by atoms with E-state index in [1.165, 1.54) is 0 Å². The second-order valence-corrected chi connectivity index (χ2v) is 5.11. The van der Waals surface area contributed by atoms with Crippen molar-refractivity contribution in [3.63, 3.8) is 0 Å². The molecule has 0 saturated heterocycles. The highest BCUT2D eigenvalue weighted by Gasteiger charge is 2.16. The zero-order valence-corrected chi connectivity index (χ0v) is 13.2. The first-order chi connectivity index (χ1) is 11.2. The van der Waals surface area contributed by atoms with Gasteiger partial charge in [-0.15, -0.1) is 0 Å². The van der Waals surface area contributed by atoms with Crippen molar-refractivity contribution in [2.45, 2.75) is 19.8 Å². The molecule has 0 unspecified atom stereocenters. The molecule has 120 valence electrons. The predicted molar refractivity (Wildman–Crippen MR) is 90.7 cm³/mol. The Kier molecular flexibility index (Phi) is 6.09. The summed E-state index contributed by atoms with van der Waals surface area (Å²) in [5, 5.41) is 0. The third-order valence-corrected chi connectivity index (χ3v) is 3.54. The summed E-state index contributed by atoms with van der Waals surface area (Å²) in [5.41, 5.74) is 9.69. The lowest BCUT2D eigenvalue weighted by Gasteiger charge is -2.13. The van der Waals surface area contributed by atoms with Crippen molar-refractivity contribution in [2.24, 2.45) is 5.73 Å². The molecule has 2 rings (SSSR count). The van der Waals surface area contributed by atoms with Crippen LogP contribution in [0.1, 0.15) is 32.6 Å². The quantitative estimate of drug-likeness (QED) is 0.797. The Bertz CT molecular complexity index is 681. The number of hydrogen-bond donors (Lipinski definition) is 1. The summed E-state index contributed by atoms with van der Waals surface area (Å²) in [6.07, 6.45) is 1.72. The van der Waals surface area contributed by atoms with Crippen molar-refractivity contribution in [1.29, 1.82) is 0 Å². The van der Waals surface area contributed by atoms with Crippen LogP contribution in [0.5, 0.6) is 0 Å². The molecule has 0 aromatic heterocycles. The molecule has 0 fully saturated rings. The first kappa shape index (κ1) is 16.9. The van der Waals surface area contributed by atoms with E-state index in [9.17, 15) is 4.79 Å². The van der Waals surface area contributed by atoms with Gasteiger partial charge in [0.15, 0.2) is 0 Å². The first-order valence-corrected chi connectivity index (χ1v) is 7.38. The summed E-state index contributed by atoms with van der Waals surface area (Å²) in [5.74, 6) is -0.383. The molecule has 4 heteroatoms. The molecule has 0 heterocycles. The third kappa shape index (κ3) is 4.28. The summed E-state index contributed by atoms with van der Waals surface area (Å²) in [4.78, 5) is 12.4. The zero-order valence-electron chi connectivity index (χ0n) is 13.2. The topological polar surface area (TPSA) is 61.5 Å². The summed E-state index contributed by atoms with van der Waals surface area (Å²) >= 11 is 0. The van der Waals surface area contributed by atoms with E-state index in [0.717, 1.165) is 22.3 Å². The molecule has 0 amide bonds. The highest BCUT2D eigenvalue weighted by Crippen LogP contribution is 2.20. The maximum atomic E-state index is 12.4. The van der Waals surface area contributed by atoms with Crippen LogP contribution in [-0.2, 0) is 29.2 Å². The van der Waals surface area contributed by atoms with Gasteiger partial charge in [0.25, 0.3) is 0 Å². The van der Waals surface area contributed by atoms with Crippen LogP contribution in [0.2, 0.25) is 0 Å². The number of ether oxygens (including phenoxy) is 2. The molecule has 2 aromatic carbocycles. The van der Waals surface area contributed by atoms with Gasteiger partial charge in [0, 0.05) is 13.7 Å². The molecule has 23 heavy (non-hydrogen) atoms. The molecule has 4 nitrogen and oxygen atoms in total. The Balaban J connectivity index is 2.25. The SMILES string of the molecule is C=Cc1cc(COC)c(C(=O)OCc2ccccc2)cc1CN. The maximum absolute atomic E-state index is 12.4. The van der Waals surface area contributed by atoms with Crippen molar-refractivity contribution in [3.05, 3.63) is 76.9 Å². The average Bonchev–Trinajstić information content (AvgIpc) is 2.60. The van der Waals surface area contributed by atoms with Crippen LogP contribution in [0.3, 0.4) is 0 Å². The van der Waals surface area contributed by atoms with Gasteiger partial charge in [-0.2, -0.15) is 0 Å². The largest absolute Gasteiger partial charge is 0.457 e. The smallest absolute Gasteiger partial charge is 0.338 e. The normalized spacial score (nSPS) is 10.3. The van der Waals surface area contributed by atoms with Gasteiger partial charge in [-0.1, -0.05) is 43.0 Å². The van der Waals surface area contributed by atoms with Gasteiger partial charge in [-0.3, -0.25) is 0 Å². The molecule has 0 aliphatic rings. The van der Waals surface area contributed by atoms with E-state index in [1.54, 1.807) is 19.3 Å². The van der Waals surface area contributed by atoms with E-state index >= 15 is 0 Å². The highest BCUT2D eigenvalue weighted by molar-refractivity contribution is 5.92. The van der Waals surface area contributed by atoms with Gasteiger partial charge in [0.2, 0.25) is 0 Å². The Morgan fingerprint density at radius 1 is 1.17 bits per heavy atom. The summed E-state index contributed by atoms with van der Waals surface area (Å²) in [6.45, 7) is 4.66. The van der Waals surface area contributed by atoms with Crippen LogP contribution in [0, 0.1) is 0 Å². The Morgan fingerprint density at radius 2 is 1.91 bits per heavy atom. The second-order valence-electron chi connectivity index (χ2n) is 5.11. The van der Waals surface area contributed by atoms with E-state index in [4.69, 9.17) is 15.2 Å². The summed E-state index contributed by atoms with van der Waals surface area (Å²) in [7, 11) is 1.59. The summed E-state index contributed by atoms with van der Waals surface area (Å²) in [6, 6.07) is 13.2. The van der Waals surface area contributed by atoms with Crippen LogP contribution < -0.4 is 5.73 Å². The number of nitrogens with two attached hydrogens (primary N) is 1. The van der Waals surface area contributed by atoms with Crippen molar-refractivity contribution in [3.8, 4) is 0 Å². The van der Waals surface area contributed by atoms with E-state index in [2.05, 4.69) is 6.58 Å². The minimum Gasteiger partial charge on any atom is -0.457 e. The molecule has 0 atom stereocenters. The monoisotopic (exact) mass is 311 g/mol. The van der Waals surface area contributed by atoms with Crippen LogP contribution in [0.4, 0.5) is 0 Å². The van der Waals surface area contributed by atoms with Gasteiger partial charge in [0.1, 0.15) is 6.61 Å². The lowest BCUT2D eigenvalue weighted by molar-refractivity contribution is 0.0468. The second kappa shape index (κ2) is 8.27. The molecule has 0 radical (unpaired) electrons. The van der Waals surface area contributed by atoms with E-state index in [1.807, 2.05) is 36.4 Å². The Morgan fingerprint density at radius 3 is 2.52 bits per heavy atom. The number of hydrogen-bond acceptors (Lipinski definition) is 4. The summed E-state index contributed by atoms with van der Waals surface area (Å²) < 4.78 is 10.6. The van der Waals surface area contributed by atoms with Crippen LogP contribution >= 0.6 is 0 Å². The van der Waals surface area contributed by atoms with Crippen molar-refractivity contribution in [2.75, 3.05) is 7.11 Å². The lowest BCUT2D eigenvalue weighted by Crippen LogP contribution is -2.12. The van der Waals surface area contributed by atoms with Gasteiger partial charge in [-0.05, 0) is 34.4 Å². The number of methoxy groups -OCH3 is 1. The third-order valence-electron chi connectivity index (χ3n) is 3.54. The number of benzene rings is 2. The van der Waals surface area contributed by atoms with Gasteiger partial charge in [-0.25, -0.2) is 4.79 Å². The molecule has 0 saturated carbocycles. The van der Waals surface area contributed by atoms with E-state index in [-0.39, 0.29) is 12.6 Å². The molecule has 2 N–H and O–H groups in total. The van der Waals surface area contributed by atoms with Crippen LogP contribution in [0.15, 0.2) is 49.0 Å². The molecule has 0 aliphatic carbocycles. The van der Waals surface area contributed by atoms with Crippen LogP contribution in [-0.4, -0.2) is 13.1 Å². The van der Waals surface area contributed by atoms with Crippen molar-refractivity contribution < 1.29 is 14.3 Å². The van der Waals surface area contributed by atoms with Gasteiger partial charge < -0.3 is 15.2 Å². The molecular weight excluding hydrogens is 290 g/mol. The Labute approximate surface area is 136 Å². The fourth-order valence-corrected chi connectivity index (χ4v) is 2.34. The molecule has 0 bridgehead atoms.